The first kappa shape index (κ1) is 16.4. The van der Waals surface area contributed by atoms with Gasteiger partial charge in [0.25, 0.3) is 0 Å². The molecule has 122 valence electrons. The second kappa shape index (κ2) is 6.97. The number of anilines is 1. The van der Waals surface area contributed by atoms with Crippen LogP contribution in [0.5, 0.6) is 0 Å². The number of carbonyl (C=O) groups is 1. The molecule has 1 aromatic carbocycles. The molecule has 0 aliphatic carbocycles. The number of likely N-dealkylation sites (tertiary alicyclic amines) is 1. The molecule has 23 heavy (non-hydrogen) atoms. The molecule has 2 heterocycles. The zero-order valence-corrected chi connectivity index (χ0v) is 14.1. The van der Waals surface area contributed by atoms with Gasteiger partial charge in [0.15, 0.2) is 5.13 Å². The maximum Gasteiger partial charge on any atom is 0.240 e. The van der Waals surface area contributed by atoms with Gasteiger partial charge in [-0.25, -0.2) is 4.98 Å². The van der Waals surface area contributed by atoms with Crippen LogP contribution in [0.3, 0.4) is 0 Å². The molecule has 1 unspecified atom stereocenters. The van der Waals surface area contributed by atoms with Gasteiger partial charge in [-0.2, -0.15) is 0 Å². The molecule has 5 nitrogen and oxygen atoms in total. The number of carbonyl (C=O) groups excluding carboxylic acids is 1. The summed E-state index contributed by atoms with van der Waals surface area (Å²) in [5.41, 5.74) is 0.195. The van der Waals surface area contributed by atoms with Crippen LogP contribution in [0, 0.1) is 0 Å². The topological polar surface area (TPSA) is 65.5 Å². The molecule has 1 atom stereocenters. The number of aliphatic hydroxyl groups is 1. The van der Waals surface area contributed by atoms with E-state index >= 15 is 0 Å². The Kier molecular flexibility index (Phi) is 4.96. The Labute approximate surface area is 143 Å². The highest BCUT2D eigenvalue weighted by Gasteiger charge is 2.36. The molecule has 2 N–H and O–H groups in total. The van der Waals surface area contributed by atoms with Crippen molar-refractivity contribution >= 4 is 34.0 Å². The highest BCUT2D eigenvalue weighted by molar-refractivity contribution is 7.13. The molecule has 0 bridgehead atoms. The van der Waals surface area contributed by atoms with Gasteiger partial charge in [0.05, 0.1) is 12.1 Å². The third-order valence-electron chi connectivity index (χ3n) is 3.88. The van der Waals surface area contributed by atoms with E-state index in [2.05, 4.69) is 10.3 Å². The molecule has 0 saturated carbocycles. The SMILES string of the molecule is O=C(CN1CCC(O)(Cc2cccc(Cl)c2)C1)Nc1nccs1. The number of β-amino-alcohol motifs (C(OH)–C–C–N with tert-alkyl or cyclic N) is 1. The number of amides is 1. The van der Waals surface area contributed by atoms with E-state index in [-0.39, 0.29) is 12.5 Å². The Bertz CT molecular complexity index is 680. The molecule has 1 amide bonds. The van der Waals surface area contributed by atoms with E-state index in [1.165, 1.54) is 11.3 Å². The van der Waals surface area contributed by atoms with Gasteiger partial charge in [-0.15, -0.1) is 11.3 Å². The van der Waals surface area contributed by atoms with E-state index in [0.717, 1.165) is 5.56 Å². The average Bonchev–Trinajstić information content (AvgIpc) is 3.09. The molecule has 1 fully saturated rings. The smallest absolute Gasteiger partial charge is 0.240 e. The minimum atomic E-state index is -0.813. The lowest BCUT2D eigenvalue weighted by Crippen LogP contribution is -2.38. The molecule has 1 aromatic heterocycles. The number of nitrogens with zero attached hydrogens (tertiary/aromatic N) is 2. The van der Waals surface area contributed by atoms with Crippen molar-refractivity contribution < 1.29 is 9.90 Å². The van der Waals surface area contributed by atoms with Gasteiger partial charge >= 0.3 is 0 Å². The van der Waals surface area contributed by atoms with Crippen molar-refractivity contribution in [1.82, 2.24) is 9.88 Å². The summed E-state index contributed by atoms with van der Waals surface area (Å²) < 4.78 is 0. The second-order valence-electron chi connectivity index (χ2n) is 5.88. The number of halogens is 1. The molecular weight excluding hydrogens is 334 g/mol. The zero-order chi connectivity index (χ0) is 16.3. The third kappa shape index (κ3) is 4.51. The first-order valence-corrected chi connectivity index (χ1v) is 8.67. The average molecular weight is 352 g/mol. The van der Waals surface area contributed by atoms with Crippen LogP contribution in [0.15, 0.2) is 35.8 Å². The Hall–Kier alpha value is -1.47. The van der Waals surface area contributed by atoms with Crippen LogP contribution in [-0.4, -0.2) is 46.1 Å². The first-order chi connectivity index (χ1) is 11.0. The number of aromatic nitrogens is 1. The number of benzene rings is 1. The van der Waals surface area contributed by atoms with Crippen molar-refractivity contribution in [2.24, 2.45) is 0 Å². The number of hydrogen-bond acceptors (Lipinski definition) is 5. The van der Waals surface area contributed by atoms with Crippen LogP contribution in [-0.2, 0) is 11.2 Å². The normalized spacial score (nSPS) is 21.5. The van der Waals surface area contributed by atoms with E-state index in [1.54, 1.807) is 6.20 Å². The largest absolute Gasteiger partial charge is 0.388 e. The predicted molar refractivity (Wildman–Crippen MR) is 91.9 cm³/mol. The highest BCUT2D eigenvalue weighted by Crippen LogP contribution is 2.26. The van der Waals surface area contributed by atoms with Crippen LogP contribution >= 0.6 is 22.9 Å². The summed E-state index contributed by atoms with van der Waals surface area (Å²) >= 11 is 7.38. The summed E-state index contributed by atoms with van der Waals surface area (Å²) in [5.74, 6) is -0.105. The fraction of sp³-hybridized carbons (Fsp3) is 0.375. The van der Waals surface area contributed by atoms with Gasteiger partial charge < -0.3 is 10.4 Å². The van der Waals surface area contributed by atoms with Crippen molar-refractivity contribution in [3.05, 3.63) is 46.4 Å². The van der Waals surface area contributed by atoms with E-state index in [0.29, 0.717) is 36.1 Å². The van der Waals surface area contributed by atoms with Gasteiger partial charge in [0.2, 0.25) is 5.91 Å². The van der Waals surface area contributed by atoms with Crippen LogP contribution in [0.2, 0.25) is 5.02 Å². The van der Waals surface area contributed by atoms with E-state index < -0.39 is 5.60 Å². The molecular formula is C16H18ClN3O2S. The molecule has 0 spiro atoms. The maximum absolute atomic E-state index is 12.0. The van der Waals surface area contributed by atoms with Crippen molar-refractivity contribution in [3.8, 4) is 0 Å². The third-order valence-corrected chi connectivity index (χ3v) is 4.80. The van der Waals surface area contributed by atoms with Gasteiger partial charge in [-0.3, -0.25) is 9.69 Å². The molecule has 3 rings (SSSR count). The summed E-state index contributed by atoms with van der Waals surface area (Å²) in [4.78, 5) is 18.0. The lowest BCUT2D eigenvalue weighted by molar-refractivity contribution is -0.117. The Morgan fingerprint density at radius 2 is 2.39 bits per heavy atom. The van der Waals surface area contributed by atoms with Crippen molar-refractivity contribution in [3.63, 3.8) is 0 Å². The van der Waals surface area contributed by atoms with Crippen molar-refractivity contribution in [1.29, 1.82) is 0 Å². The van der Waals surface area contributed by atoms with E-state index in [4.69, 9.17) is 11.6 Å². The monoisotopic (exact) mass is 351 g/mol. The van der Waals surface area contributed by atoms with Gasteiger partial charge in [0, 0.05) is 36.1 Å². The molecule has 1 saturated heterocycles. The van der Waals surface area contributed by atoms with Crippen LogP contribution in [0.1, 0.15) is 12.0 Å². The molecule has 0 radical (unpaired) electrons. The van der Waals surface area contributed by atoms with Crippen LogP contribution < -0.4 is 5.32 Å². The summed E-state index contributed by atoms with van der Waals surface area (Å²) in [6.07, 6.45) is 2.84. The molecule has 1 aliphatic heterocycles. The minimum absolute atomic E-state index is 0.105. The second-order valence-corrected chi connectivity index (χ2v) is 7.21. The number of thiazole rings is 1. The quantitative estimate of drug-likeness (QED) is 0.868. The van der Waals surface area contributed by atoms with Crippen molar-refractivity contribution in [2.75, 3.05) is 25.0 Å². The molecule has 1 aliphatic rings. The maximum atomic E-state index is 12.0. The van der Waals surface area contributed by atoms with E-state index in [9.17, 15) is 9.90 Å². The molecule has 7 heteroatoms. The fourth-order valence-corrected chi connectivity index (χ4v) is 3.65. The lowest BCUT2D eigenvalue weighted by Gasteiger charge is -2.23. The summed E-state index contributed by atoms with van der Waals surface area (Å²) in [5, 5.41) is 16.6. The summed E-state index contributed by atoms with van der Waals surface area (Å²) in [7, 11) is 0. The fourth-order valence-electron chi connectivity index (χ4n) is 2.89. The van der Waals surface area contributed by atoms with Gasteiger partial charge in [-0.05, 0) is 24.1 Å². The standard InChI is InChI=1S/C16H18ClN3O2S/c17-13-3-1-2-12(8-13)9-16(22)4-6-20(11-16)10-14(21)19-15-18-5-7-23-15/h1-3,5,7-8,22H,4,6,9-11H2,(H,18,19,21). The predicted octanol–water partition coefficient (Wildman–Crippen LogP) is 2.41. The Morgan fingerprint density at radius 1 is 1.52 bits per heavy atom. The van der Waals surface area contributed by atoms with Crippen molar-refractivity contribution in [2.45, 2.75) is 18.4 Å². The number of hydrogen-bond donors (Lipinski definition) is 2. The minimum Gasteiger partial charge on any atom is -0.388 e. The van der Waals surface area contributed by atoms with E-state index in [1.807, 2.05) is 34.5 Å². The van der Waals surface area contributed by atoms with Gasteiger partial charge in [0.1, 0.15) is 0 Å². The zero-order valence-electron chi connectivity index (χ0n) is 12.5. The Morgan fingerprint density at radius 3 is 3.13 bits per heavy atom. The number of rotatable bonds is 5. The molecule has 2 aromatic rings. The summed E-state index contributed by atoms with van der Waals surface area (Å²) in [6.45, 7) is 1.44. The highest BCUT2D eigenvalue weighted by atomic mass is 35.5. The Balaban J connectivity index is 1.53. The van der Waals surface area contributed by atoms with Gasteiger partial charge in [-0.1, -0.05) is 23.7 Å². The first-order valence-electron chi connectivity index (χ1n) is 7.41. The summed E-state index contributed by atoms with van der Waals surface area (Å²) in [6, 6.07) is 7.53. The number of nitrogens with one attached hydrogen (secondary N) is 1. The lowest BCUT2D eigenvalue weighted by atomic mass is 9.94. The van der Waals surface area contributed by atoms with Crippen LogP contribution in [0.4, 0.5) is 5.13 Å². The van der Waals surface area contributed by atoms with Crippen LogP contribution in [0.25, 0.3) is 0 Å².